The van der Waals surface area contributed by atoms with Crippen molar-refractivity contribution in [2.45, 2.75) is 59.3 Å². The molecule has 2 aliphatic rings. The highest BCUT2D eigenvalue weighted by atomic mass is 35.5. The molecular weight excluding hydrogens is 376 g/mol. The maximum Gasteiger partial charge on any atom is 0.144 e. The molecule has 0 heterocycles. The summed E-state index contributed by atoms with van der Waals surface area (Å²) in [6.45, 7) is 7.59. The molecule has 0 aromatic heterocycles. The molecule has 0 N–H and O–H groups in total. The third kappa shape index (κ3) is 4.12. The Bertz CT molecular complexity index is 747. The van der Waals surface area contributed by atoms with E-state index in [1.807, 2.05) is 27.7 Å². The summed E-state index contributed by atoms with van der Waals surface area (Å²) in [5.74, 6) is -3.34. The molecule has 2 saturated carbocycles. The van der Waals surface area contributed by atoms with Crippen molar-refractivity contribution in [3.63, 3.8) is 0 Å². The van der Waals surface area contributed by atoms with E-state index in [4.69, 9.17) is 11.6 Å². The minimum atomic E-state index is -0.951. The average Bonchev–Trinajstić information content (AvgIpc) is 2.50. The monoisotopic (exact) mass is 402 g/mol. The van der Waals surface area contributed by atoms with Gasteiger partial charge in [0, 0.05) is 36.6 Å². The second kappa shape index (κ2) is 7.22. The quantitative estimate of drug-likeness (QED) is 0.694. The topological polar surface area (TPSA) is 68.3 Å². The van der Waals surface area contributed by atoms with Crippen LogP contribution < -0.4 is 0 Å². The number of benzene rings is 1. The van der Waals surface area contributed by atoms with Crippen LogP contribution in [0.25, 0.3) is 0 Å². The molecule has 28 heavy (non-hydrogen) atoms. The summed E-state index contributed by atoms with van der Waals surface area (Å²) in [5.41, 5.74) is -0.127. The van der Waals surface area contributed by atoms with Crippen LogP contribution in [0.15, 0.2) is 24.3 Å². The average molecular weight is 403 g/mol. The molecule has 150 valence electrons. The van der Waals surface area contributed by atoms with Crippen LogP contribution in [0.1, 0.15) is 64.9 Å². The molecule has 0 saturated heterocycles. The third-order valence-corrected chi connectivity index (χ3v) is 6.22. The number of carbonyl (C=O) groups is 4. The second-order valence-corrected chi connectivity index (χ2v) is 10.4. The molecule has 0 aliphatic heterocycles. The summed E-state index contributed by atoms with van der Waals surface area (Å²) >= 11 is 6.01. The van der Waals surface area contributed by atoms with E-state index in [0.717, 1.165) is 0 Å². The Morgan fingerprint density at radius 3 is 1.36 bits per heavy atom. The number of ketones is 4. The fraction of sp³-hybridized carbons (Fsp3) is 0.565. The van der Waals surface area contributed by atoms with Crippen molar-refractivity contribution < 1.29 is 19.2 Å². The molecule has 0 atom stereocenters. The third-order valence-electron chi connectivity index (χ3n) is 5.97. The van der Waals surface area contributed by atoms with Gasteiger partial charge in [-0.2, -0.15) is 0 Å². The van der Waals surface area contributed by atoms with Gasteiger partial charge in [-0.3, -0.25) is 19.2 Å². The lowest BCUT2D eigenvalue weighted by molar-refractivity contribution is -0.145. The summed E-state index contributed by atoms with van der Waals surface area (Å²) in [7, 11) is 0. The Kier molecular flexibility index (Phi) is 5.39. The van der Waals surface area contributed by atoms with Gasteiger partial charge in [-0.15, -0.1) is 0 Å². The van der Waals surface area contributed by atoms with Crippen LogP contribution in [-0.4, -0.2) is 23.1 Å². The maximum absolute atomic E-state index is 13.0. The lowest BCUT2D eigenvalue weighted by Crippen LogP contribution is -2.48. The van der Waals surface area contributed by atoms with Crippen LogP contribution in [-0.2, 0) is 19.2 Å². The maximum atomic E-state index is 13.0. The van der Waals surface area contributed by atoms with Gasteiger partial charge >= 0.3 is 0 Å². The highest BCUT2D eigenvalue weighted by molar-refractivity contribution is 6.30. The molecule has 5 heteroatoms. The second-order valence-electron chi connectivity index (χ2n) is 9.93. The van der Waals surface area contributed by atoms with Gasteiger partial charge in [-0.1, -0.05) is 51.4 Å². The Hall–Kier alpha value is -1.81. The summed E-state index contributed by atoms with van der Waals surface area (Å²) in [6, 6.07) is 6.81. The zero-order valence-corrected chi connectivity index (χ0v) is 17.6. The molecule has 3 rings (SSSR count). The minimum absolute atomic E-state index is 0.174. The normalized spacial score (nSPS) is 23.5. The minimum Gasteiger partial charge on any atom is -0.299 e. The van der Waals surface area contributed by atoms with E-state index in [9.17, 15) is 19.2 Å². The first-order chi connectivity index (χ1) is 12.9. The van der Waals surface area contributed by atoms with Crippen molar-refractivity contribution in [1.29, 1.82) is 0 Å². The number of rotatable bonds is 3. The molecule has 2 aliphatic carbocycles. The van der Waals surface area contributed by atoms with Gasteiger partial charge in [0.1, 0.15) is 23.1 Å². The predicted molar refractivity (Wildman–Crippen MR) is 107 cm³/mol. The van der Waals surface area contributed by atoms with Crippen LogP contribution in [0.3, 0.4) is 0 Å². The molecule has 0 bridgehead atoms. The van der Waals surface area contributed by atoms with Gasteiger partial charge in [-0.25, -0.2) is 0 Å². The van der Waals surface area contributed by atoms with Gasteiger partial charge < -0.3 is 0 Å². The van der Waals surface area contributed by atoms with Crippen molar-refractivity contribution in [2.75, 3.05) is 0 Å². The molecule has 1 aromatic carbocycles. The summed E-state index contributed by atoms with van der Waals surface area (Å²) in [4.78, 5) is 52.1. The number of Topliss-reactive ketones (excluding diaryl/α,β-unsaturated/α-hetero) is 4. The first-order valence-electron chi connectivity index (χ1n) is 9.77. The first kappa shape index (κ1) is 20.9. The molecule has 0 amide bonds. The van der Waals surface area contributed by atoms with Gasteiger partial charge in [0.2, 0.25) is 0 Å². The lowest BCUT2D eigenvalue weighted by atomic mass is 9.59. The van der Waals surface area contributed by atoms with Gasteiger partial charge in [0.05, 0.1) is 11.8 Å². The number of halogens is 1. The highest BCUT2D eigenvalue weighted by Gasteiger charge is 2.52. The first-order valence-corrected chi connectivity index (χ1v) is 10.1. The number of carbonyl (C=O) groups excluding carboxylic acids is 4. The largest absolute Gasteiger partial charge is 0.299 e. The molecule has 4 nitrogen and oxygen atoms in total. The lowest BCUT2D eigenvalue weighted by Gasteiger charge is -2.41. The zero-order valence-electron chi connectivity index (χ0n) is 16.9. The summed E-state index contributed by atoms with van der Waals surface area (Å²) < 4.78 is 0. The van der Waals surface area contributed by atoms with Crippen molar-refractivity contribution >= 4 is 34.7 Å². The van der Waals surface area contributed by atoms with Crippen LogP contribution >= 0.6 is 11.6 Å². The SMILES string of the molecule is CC1(C)CC(=O)C(C(c2ccc(Cl)cc2)C2C(=O)CC(C)(C)CC2=O)C(=O)C1. The fourth-order valence-corrected chi connectivity index (χ4v) is 5.00. The molecule has 2 fully saturated rings. The van der Waals surface area contributed by atoms with Crippen LogP contribution in [0.5, 0.6) is 0 Å². The highest BCUT2D eigenvalue weighted by Crippen LogP contribution is 2.47. The standard InChI is InChI=1S/C23H27ClO4/c1-22(2)9-15(25)20(16(26)10-22)19(13-5-7-14(24)8-6-13)21-17(27)11-23(3,4)12-18(21)28/h5-8,19-21H,9-12H2,1-4H3. The van der Waals surface area contributed by atoms with E-state index in [0.29, 0.717) is 10.6 Å². The van der Waals surface area contributed by atoms with E-state index >= 15 is 0 Å². The molecule has 0 spiro atoms. The molecule has 1 aromatic rings. The Morgan fingerprint density at radius 2 is 1.04 bits per heavy atom. The Morgan fingerprint density at radius 1 is 0.714 bits per heavy atom. The summed E-state index contributed by atoms with van der Waals surface area (Å²) in [6.07, 6.45) is 1.09. The summed E-state index contributed by atoms with van der Waals surface area (Å²) in [5, 5.41) is 0.521. The van der Waals surface area contributed by atoms with Gasteiger partial charge in [0.25, 0.3) is 0 Å². The number of hydrogen-bond acceptors (Lipinski definition) is 4. The van der Waals surface area contributed by atoms with Crippen molar-refractivity contribution in [3.05, 3.63) is 34.9 Å². The Labute approximate surface area is 171 Å². The van der Waals surface area contributed by atoms with Crippen LogP contribution in [0.2, 0.25) is 5.02 Å². The van der Waals surface area contributed by atoms with Crippen LogP contribution in [0.4, 0.5) is 0 Å². The van der Waals surface area contributed by atoms with E-state index < -0.39 is 28.6 Å². The van der Waals surface area contributed by atoms with Gasteiger partial charge in [-0.05, 0) is 28.5 Å². The smallest absolute Gasteiger partial charge is 0.144 e. The van der Waals surface area contributed by atoms with E-state index in [1.165, 1.54) is 0 Å². The van der Waals surface area contributed by atoms with Crippen LogP contribution in [0, 0.1) is 22.7 Å². The van der Waals surface area contributed by atoms with Crippen molar-refractivity contribution in [2.24, 2.45) is 22.7 Å². The van der Waals surface area contributed by atoms with Gasteiger partial charge in [0.15, 0.2) is 0 Å². The van der Waals surface area contributed by atoms with Crippen molar-refractivity contribution in [1.82, 2.24) is 0 Å². The molecule has 0 radical (unpaired) electrons. The Balaban J connectivity index is 2.07. The molecule has 0 unspecified atom stereocenters. The predicted octanol–water partition coefficient (Wildman–Crippen LogP) is 4.57. The number of hydrogen-bond donors (Lipinski definition) is 0. The van der Waals surface area contributed by atoms with Crippen molar-refractivity contribution in [3.8, 4) is 0 Å². The zero-order chi connectivity index (χ0) is 20.9. The molecular formula is C23H27ClO4. The van der Waals surface area contributed by atoms with E-state index in [2.05, 4.69) is 0 Å². The van der Waals surface area contributed by atoms with E-state index in [-0.39, 0.29) is 48.8 Å². The van der Waals surface area contributed by atoms with E-state index in [1.54, 1.807) is 24.3 Å². The fourth-order valence-electron chi connectivity index (χ4n) is 4.87.